The number of nitrogens with two attached hydrogens (primary N) is 1. The van der Waals surface area contributed by atoms with E-state index in [1.807, 2.05) is 31.2 Å². The number of aromatic nitrogens is 1. The third kappa shape index (κ3) is 3.87. The first-order valence-corrected chi connectivity index (χ1v) is 12.5. The summed E-state index contributed by atoms with van der Waals surface area (Å²) in [6, 6.07) is 18.5. The second-order valence-corrected chi connectivity index (χ2v) is 10.3. The van der Waals surface area contributed by atoms with Crippen LogP contribution in [-0.4, -0.2) is 10.5 Å². The number of nitrogens with zero attached hydrogens (tertiary/aromatic N) is 1. The molecule has 2 aromatic carbocycles. The fourth-order valence-electron chi connectivity index (χ4n) is 5.90. The van der Waals surface area contributed by atoms with E-state index in [4.69, 9.17) is 10.2 Å². The molecule has 178 valence electrons. The number of para-hydroxylation sites is 2. The monoisotopic (exact) mass is 457 g/mol. The minimum Gasteiger partial charge on any atom is -0.459 e. The Hall–Kier alpha value is -3.21. The third-order valence-electron chi connectivity index (χ3n) is 7.86. The predicted octanol–water partition coefficient (Wildman–Crippen LogP) is 6.90. The summed E-state index contributed by atoms with van der Waals surface area (Å²) in [5.74, 6) is 1.69. The van der Waals surface area contributed by atoms with Crippen LogP contribution in [0, 0.1) is 5.92 Å². The van der Waals surface area contributed by atoms with E-state index in [0.29, 0.717) is 12.5 Å². The van der Waals surface area contributed by atoms with E-state index in [-0.39, 0.29) is 11.4 Å². The number of primary amides is 1. The van der Waals surface area contributed by atoms with Crippen molar-refractivity contribution in [3.63, 3.8) is 0 Å². The molecule has 0 spiro atoms. The number of hydrogen-bond donors (Lipinski definition) is 2. The van der Waals surface area contributed by atoms with Crippen LogP contribution in [0.3, 0.4) is 0 Å². The van der Waals surface area contributed by atoms with Crippen LogP contribution in [0.1, 0.15) is 70.1 Å². The van der Waals surface area contributed by atoms with E-state index < -0.39 is 5.92 Å². The van der Waals surface area contributed by atoms with Crippen molar-refractivity contribution in [3.8, 4) is 0 Å². The number of anilines is 1. The number of amides is 1. The summed E-state index contributed by atoms with van der Waals surface area (Å²) in [4.78, 5) is 12.4. The Balaban J connectivity index is 1.64. The van der Waals surface area contributed by atoms with Crippen molar-refractivity contribution in [2.24, 2.45) is 11.7 Å². The first-order valence-electron chi connectivity index (χ1n) is 12.5. The van der Waals surface area contributed by atoms with Crippen LogP contribution in [-0.2, 0) is 16.9 Å². The molecule has 34 heavy (non-hydrogen) atoms. The Labute approximate surface area is 201 Å². The van der Waals surface area contributed by atoms with Crippen molar-refractivity contribution in [3.05, 3.63) is 65.9 Å². The van der Waals surface area contributed by atoms with Crippen molar-refractivity contribution in [2.45, 2.75) is 70.9 Å². The summed E-state index contributed by atoms with van der Waals surface area (Å²) in [6.45, 7) is 7.14. The number of carbonyl (C=O) groups excluding carboxylic acids is 1. The molecule has 0 saturated heterocycles. The lowest BCUT2D eigenvalue weighted by Crippen LogP contribution is -2.37. The SMILES string of the molecule is CC(C(N)=O)c1c(NCc2cc3ccccc3o2)n(C(C)(C)C2CCCCC2)c2ccccc12. The second kappa shape index (κ2) is 8.86. The quantitative estimate of drug-likeness (QED) is 0.317. The summed E-state index contributed by atoms with van der Waals surface area (Å²) in [5.41, 5.74) is 8.74. The largest absolute Gasteiger partial charge is 0.459 e. The maximum Gasteiger partial charge on any atom is 0.224 e. The summed E-state index contributed by atoms with van der Waals surface area (Å²) >= 11 is 0. The average Bonchev–Trinajstić information content (AvgIpc) is 3.41. The minimum atomic E-state index is -0.411. The summed E-state index contributed by atoms with van der Waals surface area (Å²) < 4.78 is 8.53. The van der Waals surface area contributed by atoms with Crippen LogP contribution in [0.2, 0.25) is 0 Å². The maximum atomic E-state index is 12.4. The van der Waals surface area contributed by atoms with Crippen molar-refractivity contribution < 1.29 is 9.21 Å². The van der Waals surface area contributed by atoms with Crippen molar-refractivity contribution in [1.29, 1.82) is 0 Å². The zero-order valence-electron chi connectivity index (χ0n) is 20.4. The zero-order chi connectivity index (χ0) is 23.9. The highest BCUT2D eigenvalue weighted by molar-refractivity contribution is 5.96. The number of carbonyl (C=O) groups is 1. The molecule has 1 aliphatic rings. The van der Waals surface area contributed by atoms with Gasteiger partial charge in [-0.15, -0.1) is 0 Å². The Morgan fingerprint density at radius 2 is 1.82 bits per heavy atom. The number of furan rings is 1. The number of hydrogen-bond acceptors (Lipinski definition) is 3. The first kappa shape index (κ1) is 22.6. The molecular weight excluding hydrogens is 422 g/mol. The zero-order valence-corrected chi connectivity index (χ0v) is 20.4. The molecule has 0 radical (unpaired) electrons. The van der Waals surface area contributed by atoms with Crippen LogP contribution in [0.15, 0.2) is 59.0 Å². The lowest BCUT2D eigenvalue weighted by molar-refractivity contribution is -0.119. The van der Waals surface area contributed by atoms with Gasteiger partial charge in [0.1, 0.15) is 17.2 Å². The van der Waals surface area contributed by atoms with Crippen molar-refractivity contribution in [2.75, 3.05) is 5.32 Å². The van der Waals surface area contributed by atoms with Gasteiger partial charge in [0, 0.05) is 21.9 Å². The Morgan fingerprint density at radius 1 is 1.12 bits per heavy atom. The van der Waals surface area contributed by atoms with Crippen molar-refractivity contribution >= 4 is 33.6 Å². The third-order valence-corrected chi connectivity index (χ3v) is 7.86. The average molecular weight is 458 g/mol. The fraction of sp³-hybridized carbons (Fsp3) is 0.414. The van der Waals surface area contributed by atoms with E-state index in [2.05, 4.69) is 54.1 Å². The van der Waals surface area contributed by atoms with Crippen LogP contribution in [0.5, 0.6) is 0 Å². The van der Waals surface area contributed by atoms with Gasteiger partial charge in [-0.2, -0.15) is 0 Å². The highest BCUT2D eigenvalue weighted by atomic mass is 16.3. The summed E-state index contributed by atoms with van der Waals surface area (Å²) in [6.07, 6.45) is 6.33. The lowest BCUT2D eigenvalue weighted by Gasteiger charge is -2.40. The van der Waals surface area contributed by atoms with Gasteiger partial charge in [0.2, 0.25) is 5.91 Å². The highest BCUT2D eigenvalue weighted by Crippen LogP contribution is 2.45. The molecule has 5 heteroatoms. The van der Waals surface area contributed by atoms with Gasteiger partial charge in [0.05, 0.1) is 18.0 Å². The molecule has 1 saturated carbocycles. The number of benzene rings is 2. The van der Waals surface area contributed by atoms with Gasteiger partial charge in [-0.1, -0.05) is 55.7 Å². The summed E-state index contributed by atoms with van der Waals surface area (Å²) in [5, 5.41) is 5.87. The molecule has 5 nitrogen and oxygen atoms in total. The van der Waals surface area contributed by atoms with Crippen LogP contribution in [0.25, 0.3) is 21.9 Å². The van der Waals surface area contributed by atoms with Gasteiger partial charge < -0.3 is 20.0 Å². The van der Waals surface area contributed by atoms with Gasteiger partial charge in [-0.3, -0.25) is 4.79 Å². The Bertz CT molecular complexity index is 1290. The number of nitrogens with one attached hydrogen (secondary N) is 1. The molecule has 1 fully saturated rings. The molecule has 4 aromatic rings. The standard InChI is InChI=1S/C29H35N3O2/c1-19(27(30)33)26-23-14-8-9-15-24(23)32(29(2,3)21-12-5-4-6-13-21)28(26)31-18-22-17-20-11-7-10-16-25(20)34-22/h7-11,14-17,19,21,31H,4-6,12-13,18H2,1-3H3,(H2,30,33). The van der Waals surface area contributed by atoms with Gasteiger partial charge in [-0.05, 0) is 57.7 Å². The smallest absolute Gasteiger partial charge is 0.224 e. The van der Waals surface area contributed by atoms with Crippen LogP contribution < -0.4 is 11.1 Å². The van der Waals surface area contributed by atoms with Crippen LogP contribution in [0.4, 0.5) is 5.82 Å². The van der Waals surface area contributed by atoms with Gasteiger partial charge >= 0.3 is 0 Å². The molecule has 5 rings (SSSR count). The molecule has 0 bridgehead atoms. The van der Waals surface area contributed by atoms with E-state index in [0.717, 1.165) is 39.0 Å². The van der Waals surface area contributed by atoms with E-state index >= 15 is 0 Å². The van der Waals surface area contributed by atoms with Gasteiger partial charge in [0.15, 0.2) is 0 Å². The molecule has 2 heterocycles. The molecule has 1 aliphatic carbocycles. The lowest BCUT2D eigenvalue weighted by atomic mass is 9.76. The van der Waals surface area contributed by atoms with E-state index in [1.165, 1.54) is 32.1 Å². The topological polar surface area (TPSA) is 73.2 Å². The number of rotatable bonds is 7. The van der Waals surface area contributed by atoms with Gasteiger partial charge in [0.25, 0.3) is 0 Å². The summed E-state index contributed by atoms with van der Waals surface area (Å²) in [7, 11) is 0. The maximum absolute atomic E-state index is 12.4. The number of fused-ring (bicyclic) bond motifs is 2. The first-order chi connectivity index (χ1) is 16.4. The normalized spacial score (nSPS) is 16.2. The molecule has 1 unspecified atom stereocenters. The highest BCUT2D eigenvalue weighted by Gasteiger charge is 2.37. The molecule has 1 atom stereocenters. The van der Waals surface area contributed by atoms with E-state index in [9.17, 15) is 4.79 Å². The Morgan fingerprint density at radius 3 is 2.56 bits per heavy atom. The molecule has 1 amide bonds. The molecule has 0 aliphatic heterocycles. The minimum absolute atomic E-state index is 0.119. The predicted molar refractivity (Wildman–Crippen MR) is 139 cm³/mol. The van der Waals surface area contributed by atoms with Crippen molar-refractivity contribution in [1.82, 2.24) is 4.57 Å². The second-order valence-electron chi connectivity index (χ2n) is 10.3. The van der Waals surface area contributed by atoms with Crippen LogP contribution >= 0.6 is 0 Å². The fourth-order valence-corrected chi connectivity index (χ4v) is 5.90. The van der Waals surface area contributed by atoms with Gasteiger partial charge in [-0.25, -0.2) is 0 Å². The molecular formula is C29H35N3O2. The molecule has 3 N–H and O–H groups in total. The Kier molecular flexibility index (Phi) is 5.88. The molecule has 2 aromatic heterocycles. The van der Waals surface area contributed by atoms with E-state index in [1.54, 1.807) is 0 Å².